The quantitative estimate of drug-likeness (QED) is 0.637. The molecular formula is C19H23FN2O5S2. The number of hydrogen-bond acceptors (Lipinski definition) is 6. The van der Waals surface area contributed by atoms with Crippen molar-refractivity contribution < 1.29 is 26.0 Å². The summed E-state index contributed by atoms with van der Waals surface area (Å²) in [5.74, 6) is -1.29. The van der Waals surface area contributed by atoms with Gasteiger partial charge in [0.05, 0.1) is 9.79 Å². The van der Waals surface area contributed by atoms with Crippen molar-refractivity contribution in [1.82, 2.24) is 4.31 Å². The van der Waals surface area contributed by atoms with Crippen LogP contribution in [0.5, 0.6) is 5.75 Å². The SMILES string of the molecule is CN(C)S(=O)(=O)c1ccc(COc2cccc(S(=O)(=O)CC(F)=CCN)c2)cc1. The lowest BCUT2D eigenvalue weighted by Gasteiger charge is -2.12. The zero-order chi connectivity index (χ0) is 21.7. The molecule has 2 N–H and O–H groups in total. The first kappa shape index (κ1) is 23.0. The van der Waals surface area contributed by atoms with E-state index >= 15 is 0 Å². The van der Waals surface area contributed by atoms with Crippen molar-refractivity contribution >= 4 is 19.9 Å². The summed E-state index contributed by atoms with van der Waals surface area (Å²) in [6.07, 6.45) is 1.01. The van der Waals surface area contributed by atoms with E-state index in [0.29, 0.717) is 11.3 Å². The second kappa shape index (κ2) is 9.49. The third-order valence-corrected chi connectivity index (χ3v) is 7.40. The van der Waals surface area contributed by atoms with E-state index < -0.39 is 31.4 Å². The molecule has 0 saturated heterocycles. The molecular weight excluding hydrogens is 419 g/mol. The summed E-state index contributed by atoms with van der Waals surface area (Å²) in [5.41, 5.74) is 5.89. The molecule has 0 heterocycles. The molecule has 0 aromatic heterocycles. The molecule has 2 aromatic carbocycles. The number of sulfonamides is 1. The van der Waals surface area contributed by atoms with Crippen molar-refractivity contribution in [3.05, 3.63) is 66.0 Å². The molecule has 0 aliphatic carbocycles. The Hall–Kier alpha value is -2.27. The Balaban J connectivity index is 2.11. The van der Waals surface area contributed by atoms with Crippen LogP contribution in [0.3, 0.4) is 0 Å². The fraction of sp³-hybridized carbons (Fsp3) is 0.263. The molecule has 2 rings (SSSR count). The number of nitrogens with two attached hydrogens (primary N) is 1. The third-order valence-electron chi connectivity index (χ3n) is 3.94. The summed E-state index contributed by atoms with van der Waals surface area (Å²) >= 11 is 0. The van der Waals surface area contributed by atoms with E-state index in [2.05, 4.69) is 0 Å². The number of halogens is 1. The van der Waals surface area contributed by atoms with Gasteiger partial charge in [0.25, 0.3) is 0 Å². The van der Waals surface area contributed by atoms with Crippen LogP contribution in [0.15, 0.2) is 70.2 Å². The topological polar surface area (TPSA) is 107 Å². The third kappa shape index (κ3) is 6.10. The summed E-state index contributed by atoms with van der Waals surface area (Å²) in [6, 6.07) is 11.9. The van der Waals surface area contributed by atoms with Crippen molar-refractivity contribution in [2.24, 2.45) is 5.73 Å². The summed E-state index contributed by atoms with van der Waals surface area (Å²) in [4.78, 5) is 0.0925. The summed E-state index contributed by atoms with van der Waals surface area (Å²) in [7, 11) is -4.48. The molecule has 0 aliphatic heterocycles. The maximum atomic E-state index is 13.5. The average molecular weight is 443 g/mol. The molecule has 0 atom stereocenters. The second-order valence-corrected chi connectivity index (χ2v) is 10.5. The summed E-state index contributed by atoms with van der Waals surface area (Å²) in [6.45, 7) is 0.0202. The molecule has 0 unspecified atom stereocenters. The Morgan fingerprint density at radius 3 is 2.31 bits per heavy atom. The number of ether oxygens (including phenoxy) is 1. The van der Waals surface area contributed by atoms with E-state index in [1.165, 1.54) is 44.4 Å². The molecule has 7 nitrogen and oxygen atoms in total. The maximum absolute atomic E-state index is 13.5. The van der Waals surface area contributed by atoms with Crippen LogP contribution in [-0.2, 0) is 26.5 Å². The van der Waals surface area contributed by atoms with Gasteiger partial charge in [-0.1, -0.05) is 18.2 Å². The fourth-order valence-corrected chi connectivity index (χ4v) is 4.48. The maximum Gasteiger partial charge on any atom is 0.242 e. The molecule has 0 amide bonds. The lowest BCUT2D eigenvalue weighted by molar-refractivity contribution is 0.305. The van der Waals surface area contributed by atoms with Gasteiger partial charge in [0.1, 0.15) is 23.9 Å². The Bertz CT molecular complexity index is 1080. The van der Waals surface area contributed by atoms with E-state index in [9.17, 15) is 21.2 Å². The molecule has 2 aromatic rings. The number of benzene rings is 2. The van der Waals surface area contributed by atoms with Gasteiger partial charge in [0.2, 0.25) is 10.0 Å². The highest BCUT2D eigenvalue weighted by molar-refractivity contribution is 7.91. The molecule has 0 fully saturated rings. The lowest BCUT2D eigenvalue weighted by Crippen LogP contribution is -2.22. The van der Waals surface area contributed by atoms with Gasteiger partial charge >= 0.3 is 0 Å². The van der Waals surface area contributed by atoms with Gasteiger partial charge in [0, 0.05) is 20.6 Å². The van der Waals surface area contributed by atoms with Gasteiger partial charge < -0.3 is 10.5 Å². The number of hydrogen-bond donors (Lipinski definition) is 1. The number of sulfone groups is 1. The van der Waals surface area contributed by atoms with Crippen LogP contribution in [0, 0.1) is 0 Å². The van der Waals surface area contributed by atoms with Crippen molar-refractivity contribution in [3.8, 4) is 5.75 Å². The summed E-state index contributed by atoms with van der Waals surface area (Å²) in [5, 5.41) is 0. The zero-order valence-corrected chi connectivity index (χ0v) is 17.7. The lowest BCUT2D eigenvalue weighted by atomic mass is 10.2. The minimum atomic E-state index is -3.87. The second-order valence-electron chi connectivity index (χ2n) is 6.34. The van der Waals surface area contributed by atoms with Gasteiger partial charge in [-0.25, -0.2) is 25.5 Å². The first-order valence-corrected chi connectivity index (χ1v) is 11.7. The van der Waals surface area contributed by atoms with Gasteiger partial charge in [-0.3, -0.25) is 0 Å². The molecule has 0 aliphatic rings. The highest BCUT2D eigenvalue weighted by atomic mass is 32.2. The Morgan fingerprint density at radius 2 is 1.72 bits per heavy atom. The van der Waals surface area contributed by atoms with Crippen LogP contribution in [0.25, 0.3) is 0 Å². The summed E-state index contributed by atoms with van der Waals surface area (Å²) < 4.78 is 69.0. The van der Waals surface area contributed by atoms with Crippen molar-refractivity contribution in [2.75, 3.05) is 26.4 Å². The van der Waals surface area contributed by atoms with E-state index in [1.807, 2.05) is 0 Å². The van der Waals surface area contributed by atoms with E-state index in [1.54, 1.807) is 18.2 Å². The fourth-order valence-electron chi connectivity index (χ4n) is 2.34. The van der Waals surface area contributed by atoms with E-state index in [0.717, 1.165) is 10.4 Å². The largest absolute Gasteiger partial charge is 0.489 e. The van der Waals surface area contributed by atoms with Crippen molar-refractivity contribution in [2.45, 2.75) is 16.4 Å². The monoisotopic (exact) mass is 442 g/mol. The van der Waals surface area contributed by atoms with Crippen LogP contribution in [0.1, 0.15) is 5.56 Å². The normalized spacial score (nSPS) is 12.9. The zero-order valence-electron chi connectivity index (χ0n) is 16.1. The highest BCUT2D eigenvalue weighted by Crippen LogP contribution is 2.22. The molecule has 0 bridgehead atoms. The predicted octanol–water partition coefficient (Wildman–Crippen LogP) is 2.10. The molecule has 0 radical (unpaired) electrons. The number of nitrogens with zero attached hydrogens (tertiary/aromatic N) is 1. The predicted molar refractivity (Wildman–Crippen MR) is 108 cm³/mol. The minimum absolute atomic E-state index is 0.0667. The van der Waals surface area contributed by atoms with Gasteiger partial charge in [-0.05, 0) is 42.0 Å². The van der Waals surface area contributed by atoms with Gasteiger partial charge in [0.15, 0.2) is 9.84 Å². The Labute approximate surface area is 170 Å². The molecule has 0 spiro atoms. The molecule has 0 saturated carbocycles. The van der Waals surface area contributed by atoms with Crippen LogP contribution >= 0.6 is 0 Å². The van der Waals surface area contributed by atoms with Crippen LogP contribution in [0.4, 0.5) is 4.39 Å². The van der Waals surface area contributed by atoms with Crippen molar-refractivity contribution in [3.63, 3.8) is 0 Å². The first-order chi connectivity index (χ1) is 13.6. The van der Waals surface area contributed by atoms with Crippen LogP contribution < -0.4 is 10.5 Å². The van der Waals surface area contributed by atoms with Crippen molar-refractivity contribution in [1.29, 1.82) is 0 Å². The van der Waals surface area contributed by atoms with E-state index in [4.69, 9.17) is 10.5 Å². The average Bonchev–Trinajstić information content (AvgIpc) is 2.66. The van der Waals surface area contributed by atoms with Crippen LogP contribution in [0.2, 0.25) is 0 Å². The highest BCUT2D eigenvalue weighted by Gasteiger charge is 2.18. The Morgan fingerprint density at radius 1 is 1.07 bits per heavy atom. The molecule has 29 heavy (non-hydrogen) atoms. The van der Waals surface area contributed by atoms with Gasteiger partial charge in [-0.2, -0.15) is 0 Å². The van der Waals surface area contributed by atoms with Gasteiger partial charge in [-0.15, -0.1) is 0 Å². The number of rotatable bonds is 9. The standard InChI is InChI=1S/C19H23FN2O5S2/c1-22(2)29(25,26)18-8-6-15(7-9-18)13-27-17-4-3-5-19(12-17)28(23,24)14-16(20)10-11-21/h3-10,12H,11,13-14,21H2,1-2H3. The Kier molecular flexibility index (Phi) is 7.53. The van der Waals surface area contributed by atoms with E-state index in [-0.39, 0.29) is 22.9 Å². The minimum Gasteiger partial charge on any atom is -0.489 e. The smallest absolute Gasteiger partial charge is 0.242 e. The molecule has 10 heteroatoms. The molecule has 158 valence electrons. The first-order valence-electron chi connectivity index (χ1n) is 8.58. The van der Waals surface area contributed by atoms with Crippen LogP contribution in [-0.4, -0.2) is 47.5 Å².